The number of benzene rings is 2. The zero-order valence-corrected chi connectivity index (χ0v) is 17.9. The highest BCUT2D eigenvalue weighted by atomic mass is 32.2. The Hall–Kier alpha value is -2.85. The Morgan fingerprint density at radius 3 is 2.55 bits per heavy atom. The molecule has 166 valence electrons. The largest absolute Gasteiger partial charge is 0.346 e. The average Bonchev–Trinajstić information content (AvgIpc) is 3.19. The van der Waals surface area contributed by atoms with E-state index in [1.165, 1.54) is 4.31 Å². The van der Waals surface area contributed by atoms with Crippen molar-refractivity contribution in [3.05, 3.63) is 59.2 Å². The molecule has 7 nitrogen and oxygen atoms in total. The van der Waals surface area contributed by atoms with Crippen molar-refractivity contribution in [2.45, 2.75) is 37.6 Å². The predicted molar refractivity (Wildman–Crippen MR) is 111 cm³/mol. The van der Waals surface area contributed by atoms with Crippen LogP contribution in [0.3, 0.4) is 0 Å². The van der Waals surface area contributed by atoms with Gasteiger partial charge in [-0.3, -0.25) is 9.59 Å². The minimum absolute atomic E-state index is 0.0672. The fourth-order valence-corrected chi connectivity index (χ4v) is 5.51. The van der Waals surface area contributed by atoms with Gasteiger partial charge in [-0.05, 0) is 56.0 Å². The zero-order chi connectivity index (χ0) is 22.8. The molecule has 0 saturated carbocycles. The fraction of sp³-hybridized carbons (Fsp3) is 0.333. The SMILES string of the molecule is Cc1ccc(C)c(S(=O)(=O)N2CCCC2CNC(=O)C(=O)Nc2ccc(F)cc2F)c1. The van der Waals surface area contributed by atoms with Gasteiger partial charge in [-0.2, -0.15) is 4.31 Å². The first-order chi connectivity index (χ1) is 14.6. The quantitative estimate of drug-likeness (QED) is 0.683. The summed E-state index contributed by atoms with van der Waals surface area (Å²) in [7, 11) is -3.77. The number of carbonyl (C=O) groups is 2. The molecule has 0 aliphatic carbocycles. The van der Waals surface area contributed by atoms with Gasteiger partial charge < -0.3 is 10.6 Å². The molecule has 1 heterocycles. The van der Waals surface area contributed by atoms with Gasteiger partial charge in [-0.15, -0.1) is 0 Å². The topological polar surface area (TPSA) is 95.6 Å². The lowest BCUT2D eigenvalue weighted by atomic mass is 10.2. The molecule has 2 aromatic rings. The van der Waals surface area contributed by atoms with Crippen molar-refractivity contribution in [3.63, 3.8) is 0 Å². The van der Waals surface area contributed by atoms with Crippen LogP contribution < -0.4 is 10.6 Å². The Balaban J connectivity index is 1.66. The van der Waals surface area contributed by atoms with Crippen LogP contribution in [0.1, 0.15) is 24.0 Å². The molecule has 3 rings (SSSR count). The van der Waals surface area contributed by atoms with Crippen LogP contribution in [-0.2, 0) is 19.6 Å². The van der Waals surface area contributed by atoms with E-state index in [0.717, 1.165) is 17.7 Å². The number of hydrogen-bond acceptors (Lipinski definition) is 4. The number of sulfonamides is 1. The molecule has 1 aliphatic rings. The Kier molecular flexibility index (Phi) is 6.71. The minimum atomic E-state index is -3.77. The molecule has 2 N–H and O–H groups in total. The van der Waals surface area contributed by atoms with Crippen LogP contribution in [0, 0.1) is 25.5 Å². The molecule has 2 aromatic carbocycles. The molecule has 0 spiro atoms. The first kappa shape index (κ1) is 22.8. The summed E-state index contributed by atoms with van der Waals surface area (Å²) in [5.41, 5.74) is 1.11. The van der Waals surface area contributed by atoms with E-state index >= 15 is 0 Å². The van der Waals surface area contributed by atoms with E-state index in [2.05, 4.69) is 10.6 Å². The second kappa shape index (κ2) is 9.11. The molecule has 31 heavy (non-hydrogen) atoms. The van der Waals surface area contributed by atoms with E-state index in [4.69, 9.17) is 0 Å². The number of carbonyl (C=O) groups excluding carboxylic acids is 2. The molecule has 10 heteroatoms. The highest BCUT2D eigenvalue weighted by molar-refractivity contribution is 7.89. The van der Waals surface area contributed by atoms with Gasteiger partial charge in [0.15, 0.2) is 0 Å². The van der Waals surface area contributed by atoms with Crippen molar-refractivity contribution in [1.29, 1.82) is 0 Å². The van der Waals surface area contributed by atoms with Gasteiger partial charge in [0.2, 0.25) is 10.0 Å². The highest BCUT2D eigenvalue weighted by Gasteiger charge is 2.36. The molecule has 0 aromatic heterocycles. The van der Waals surface area contributed by atoms with Gasteiger partial charge in [-0.25, -0.2) is 17.2 Å². The number of nitrogens with one attached hydrogen (secondary N) is 2. The maximum Gasteiger partial charge on any atom is 0.313 e. The van der Waals surface area contributed by atoms with E-state index < -0.39 is 39.5 Å². The summed E-state index contributed by atoms with van der Waals surface area (Å²) in [5.74, 6) is -4.00. The molecule has 2 amide bonds. The van der Waals surface area contributed by atoms with Crippen LogP contribution >= 0.6 is 0 Å². The second-order valence-electron chi connectivity index (χ2n) is 7.47. The molecule has 1 fully saturated rings. The summed E-state index contributed by atoms with van der Waals surface area (Å²) >= 11 is 0. The summed E-state index contributed by atoms with van der Waals surface area (Å²) in [5, 5.41) is 4.47. The van der Waals surface area contributed by atoms with E-state index in [1.807, 2.05) is 13.0 Å². The lowest BCUT2D eigenvalue weighted by molar-refractivity contribution is -0.136. The predicted octanol–water partition coefficient (Wildman–Crippen LogP) is 2.49. The van der Waals surface area contributed by atoms with E-state index in [-0.39, 0.29) is 17.1 Å². The molecule has 1 aliphatic heterocycles. The van der Waals surface area contributed by atoms with Crippen LogP contribution in [0.5, 0.6) is 0 Å². The number of halogens is 2. The van der Waals surface area contributed by atoms with Crippen LogP contribution in [0.25, 0.3) is 0 Å². The molecule has 1 unspecified atom stereocenters. The average molecular weight is 451 g/mol. The van der Waals surface area contributed by atoms with Crippen LogP contribution in [0.2, 0.25) is 0 Å². The van der Waals surface area contributed by atoms with Gasteiger partial charge >= 0.3 is 11.8 Å². The lowest BCUT2D eigenvalue weighted by Crippen LogP contribution is -2.45. The van der Waals surface area contributed by atoms with E-state index in [1.54, 1.807) is 19.1 Å². The van der Waals surface area contributed by atoms with Crippen LogP contribution in [-0.4, -0.2) is 43.7 Å². The van der Waals surface area contributed by atoms with E-state index in [9.17, 15) is 26.8 Å². The van der Waals surface area contributed by atoms with Crippen molar-refractivity contribution in [1.82, 2.24) is 9.62 Å². The monoisotopic (exact) mass is 451 g/mol. The van der Waals surface area contributed by atoms with Gasteiger partial charge in [0.05, 0.1) is 10.6 Å². The summed E-state index contributed by atoms with van der Waals surface area (Å²) in [6, 6.07) is 7.22. The van der Waals surface area contributed by atoms with Crippen LogP contribution in [0.4, 0.5) is 14.5 Å². The van der Waals surface area contributed by atoms with Crippen molar-refractivity contribution in [2.75, 3.05) is 18.4 Å². The van der Waals surface area contributed by atoms with Gasteiger partial charge in [-0.1, -0.05) is 12.1 Å². The third kappa shape index (κ3) is 5.08. The molecule has 0 radical (unpaired) electrons. The minimum Gasteiger partial charge on any atom is -0.346 e. The van der Waals surface area contributed by atoms with Gasteiger partial charge in [0, 0.05) is 25.2 Å². The molecular formula is C21H23F2N3O4S. The van der Waals surface area contributed by atoms with Crippen molar-refractivity contribution in [2.24, 2.45) is 0 Å². The van der Waals surface area contributed by atoms with Crippen molar-refractivity contribution in [3.8, 4) is 0 Å². The maximum absolute atomic E-state index is 13.7. The van der Waals surface area contributed by atoms with E-state index in [0.29, 0.717) is 31.0 Å². The molecule has 1 saturated heterocycles. The highest BCUT2D eigenvalue weighted by Crippen LogP contribution is 2.28. The third-order valence-corrected chi connectivity index (χ3v) is 7.23. The first-order valence-electron chi connectivity index (χ1n) is 9.73. The van der Waals surface area contributed by atoms with Gasteiger partial charge in [0.1, 0.15) is 11.6 Å². The molecule has 0 bridgehead atoms. The number of nitrogens with zero attached hydrogens (tertiary/aromatic N) is 1. The van der Waals surface area contributed by atoms with Crippen molar-refractivity contribution >= 4 is 27.5 Å². The van der Waals surface area contributed by atoms with Crippen LogP contribution in [0.15, 0.2) is 41.3 Å². The summed E-state index contributed by atoms with van der Waals surface area (Å²) < 4.78 is 54.3. The number of aryl methyl sites for hydroxylation is 2. The maximum atomic E-state index is 13.7. The summed E-state index contributed by atoms with van der Waals surface area (Å²) in [4.78, 5) is 24.4. The normalized spacial score (nSPS) is 16.8. The van der Waals surface area contributed by atoms with Gasteiger partial charge in [0.25, 0.3) is 0 Å². The zero-order valence-electron chi connectivity index (χ0n) is 17.1. The summed E-state index contributed by atoms with van der Waals surface area (Å²) in [6.07, 6.45) is 1.15. The number of anilines is 1. The lowest BCUT2D eigenvalue weighted by Gasteiger charge is -2.25. The number of amides is 2. The Bertz CT molecular complexity index is 1120. The summed E-state index contributed by atoms with van der Waals surface area (Å²) in [6.45, 7) is 3.77. The third-order valence-electron chi connectivity index (χ3n) is 5.14. The number of rotatable bonds is 5. The first-order valence-corrected chi connectivity index (χ1v) is 11.2. The fourth-order valence-electron chi connectivity index (χ4n) is 3.50. The standard InChI is InChI=1S/C21H23F2N3O4S/c1-13-5-6-14(2)19(10-13)31(29,30)26-9-3-4-16(26)12-24-20(27)21(28)25-18-8-7-15(22)11-17(18)23/h5-8,10-11,16H,3-4,9,12H2,1-2H3,(H,24,27)(H,25,28). The molecular weight excluding hydrogens is 428 g/mol. The smallest absolute Gasteiger partial charge is 0.313 e. The molecule has 1 atom stereocenters. The second-order valence-corrected chi connectivity index (χ2v) is 9.33. The Morgan fingerprint density at radius 1 is 1.10 bits per heavy atom. The Labute approximate surface area is 179 Å². The Morgan fingerprint density at radius 2 is 1.84 bits per heavy atom. The van der Waals surface area contributed by atoms with Crippen molar-refractivity contribution < 1.29 is 26.8 Å². The number of hydrogen-bond donors (Lipinski definition) is 2.